The van der Waals surface area contributed by atoms with Gasteiger partial charge in [-0.05, 0) is 72.8 Å². The Kier molecular flexibility index (Phi) is 5.09. The first-order valence-corrected chi connectivity index (χ1v) is 10.7. The zero-order valence-corrected chi connectivity index (χ0v) is 17.5. The van der Waals surface area contributed by atoms with Crippen molar-refractivity contribution in [2.24, 2.45) is 0 Å². The Morgan fingerprint density at radius 1 is 1.13 bits per heavy atom. The molecule has 2 aromatic heterocycles. The second-order valence-corrected chi connectivity index (χ2v) is 7.94. The van der Waals surface area contributed by atoms with Crippen molar-refractivity contribution in [1.29, 1.82) is 0 Å². The number of nitrogens with zero attached hydrogens (tertiary/aromatic N) is 1. The molecule has 0 unspecified atom stereocenters. The molecule has 6 heteroatoms. The number of methoxy groups -OCH3 is 1. The SMILES string of the molecule is CCCc1ccc2onc(Oc3cc4[nH]ccc4cc3OC)c2c1C1CCNCC1. The molecule has 1 fully saturated rings. The van der Waals surface area contributed by atoms with E-state index in [-0.39, 0.29) is 0 Å². The number of ether oxygens (including phenoxy) is 2. The van der Waals surface area contributed by atoms with Crippen molar-refractivity contribution in [3.05, 3.63) is 47.7 Å². The molecule has 3 heterocycles. The van der Waals surface area contributed by atoms with Gasteiger partial charge in [0, 0.05) is 23.2 Å². The Morgan fingerprint density at radius 3 is 2.80 bits per heavy atom. The first kappa shape index (κ1) is 19.0. The topological polar surface area (TPSA) is 72.3 Å². The summed E-state index contributed by atoms with van der Waals surface area (Å²) in [4.78, 5) is 3.23. The van der Waals surface area contributed by atoms with Crippen LogP contribution >= 0.6 is 0 Å². The van der Waals surface area contributed by atoms with Gasteiger partial charge in [-0.1, -0.05) is 19.4 Å². The largest absolute Gasteiger partial charge is 0.493 e. The highest BCUT2D eigenvalue weighted by atomic mass is 16.6. The molecular weight excluding hydrogens is 378 g/mol. The van der Waals surface area contributed by atoms with Gasteiger partial charge in [-0.25, -0.2) is 0 Å². The van der Waals surface area contributed by atoms with Crippen LogP contribution in [0.5, 0.6) is 17.4 Å². The van der Waals surface area contributed by atoms with Crippen molar-refractivity contribution in [2.45, 2.75) is 38.5 Å². The second-order valence-electron chi connectivity index (χ2n) is 7.94. The molecule has 0 saturated carbocycles. The Labute approximate surface area is 175 Å². The molecule has 1 saturated heterocycles. The van der Waals surface area contributed by atoms with Gasteiger partial charge in [0.25, 0.3) is 5.88 Å². The van der Waals surface area contributed by atoms with Crippen molar-refractivity contribution in [3.63, 3.8) is 0 Å². The average Bonchev–Trinajstić information content (AvgIpc) is 3.40. The number of benzene rings is 2. The number of hydrogen-bond donors (Lipinski definition) is 2. The van der Waals surface area contributed by atoms with Crippen molar-refractivity contribution < 1.29 is 14.0 Å². The number of aromatic nitrogens is 2. The van der Waals surface area contributed by atoms with Crippen LogP contribution in [-0.2, 0) is 6.42 Å². The van der Waals surface area contributed by atoms with Crippen LogP contribution < -0.4 is 14.8 Å². The lowest BCUT2D eigenvalue weighted by atomic mass is 9.84. The predicted molar refractivity (Wildman–Crippen MR) is 118 cm³/mol. The van der Waals surface area contributed by atoms with E-state index in [1.54, 1.807) is 7.11 Å². The number of rotatable bonds is 6. The van der Waals surface area contributed by atoms with Crippen LogP contribution in [0.25, 0.3) is 21.9 Å². The molecule has 4 aromatic rings. The lowest BCUT2D eigenvalue weighted by Gasteiger charge is -2.26. The van der Waals surface area contributed by atoms with Crippen molar-refractivity contribution in [3.8, 4) is 17.4 Å². The standard InChI is InChI=1S/C24H27N3O3/c1-3-4-15-5-6-19-23(22(15)16-7-10-25-11-8-16)24(27-30-19)29-21-14-18-17(9-12-26-18)13-20(21)28-2/h5-6,9,12-14,16,25-26H,3-4,7-8,10-11H2,1-2H3. The lowest BCUT2D eigenvalue weighted by Crippen LogP contribution is -2.27. The highest BCUT2D eigenvalue weighted by Crippen LogP contribution is 2.42. The quantitative estimate of drug-likeness (QED) is 0.441. The molecular formula is C24H27N3O3. The molecule has 5 rings (SSSR count). The average molecular weight is 405 g/mol. The predicted octanol–water partition coefficient (Wildman–Crippen LogP) is 5.53. The van der Waals surface area contributed by atoms with Gasteiger partial charge in [0.05, 0.1) is 12.5 Å². The number of nitrogens with one attached hydrogen (secondary N) is 2. The van der Waals surface area contributed by atoms with Gasteiger partial charge in [-0.15, -0.1) is 0 Å². The van der Waals surface area contributed by atoms with Crippen LogP contribution in [0.4, 0.5) is 0 Å². The summed E-state index contributed by atoms with van der Waals surface area (Å²) in [5, 5.41) is 9.86. The minimum atomic E-state index is 0.478. The minimum absolute atomic E-state index is 0.478. The molecule has 2 N–H and O–H groups in total. The summed E-state index contributed by atoms with van der Waals surface area (Å²) >= 11 is 0. The molecule has 0 amide bonds. The zero-order valence-electron chi connectivity index (χ0n) is 17.5. The fourth-order valence-electron chi connectivity index (χ4n) is 4.61. The summed E-state index contributed by atoms with van der Waals surface area (Å²) < 4.78 is 17.6. The maximum absolute atomic E-state index is 6.33. The molecule has 0 spiro atoms. The molecule has 6 nitrogen and oxygen atoms in total. The highest BCUT2D eigenvalue weighted by Gasteiger charge is 2.26. The Morgan fingerprint density at radius 2 is 2.00 bits per heavy atom. The van der Waals surface area contributed by atoms with Crippen molar-refractivity contribution in [2.75, 3.05) is 20.2 Å². The third-order valence-electron chi connectivity index (χ3n) is 6.05. The number of aromatic amines is 1. The summed E-state index contributed by atoms with van der Waals surface area (Å²) in [6, 6.07) is 10.2. The highest BCUT2D eigenvalue weighted by molar-refractivity contribution is 5.88. The van der Waals surface area contributed by atoms with E-state index in [2.05, 4.69) is 28.4 Å². The van der Waals surface area contributed by atoms with Gasteiger partial charge in [0.15, 0.2) is 17.1 Å². The van der Waals surface area contributed by atoms with E-state index in [0.717, 1.165) is 60.6 Å². The smallest absolute Gasteiger partial charge is 0.267 e. The normalized spacial score (nSPS) is 15.1. The molecule has 0 radical (unpaired) electrons. The summed E-state index contributed by atoms with van der Waals surface area (Å²) in [6.07, 6.45) is 6.27. The van der Waals surface area contributed by atoms with Crippen molar-refractivity contribution in [1.82, 2.24) is 15.5 Å². The monoisotopic (exact) mass is 405 g/mol. The van der Waals surface area contributed by atoms with Crippen LogP contribution in [0.2, 0.25) is 0 Å². The maximum atomic E-state index is 6.33. The summed E-state index contributed by atoms with van der Waals surface area (Å²) in [5.74, 6) is 2.29. The zero-order chi connectivity index (χ0) is 20.5. The van der Waals surface area contributed by atoms with Gasteiger partial charge in [-0.3, -0.25) is 0 Å². The fraction of sp³-hybridized carbons (Fsp3) is 0.375. The minimum Gasteiger partial charge on any atom is -0.493 e. The van der Waals surface area contributed by atoms with Crippen LogP contribution in [0.15, 0.2) is 41.1 Å². The third-order valence-corrected chi connectivity index (χ3v) is 6.05. The van der Waals surface area contributed by atoms with E-state index in [9.17, 15) is 0 Å². The Hall–Kier alpha value is -2.99. The summed E-state index contributed by atoms with van der Waals surface area (Å²) in [6.45, 7) is 4.29. The van der Waals surface area contributed by atoms with Crippen LogP contribution in [-0.4, -0.2) is 30.3 Å². The van der Waals surface area contributed by atoms with E-state index >= 15 is 0 Å². The fourth-order valence-corrected chi connectivity index (χ4v) is 4.61. The van der Waals surface area contributed by atoms with Crippen LogP contribution in [0.1, 0.15) is 43.2 Å². The lowest BCUT2D eigenvalue weighted by molar-refractivity contribution is 0.354. The first-order chi connectivity index (χ1) is 14.8. The number of piperidine rings is 1. The number of hydrogen-bond acceptors (Lipinski definition) is 5. The molecule has 1 aliphatic rings. The Balaban J connectivity index is 1.64. The number of aryl methyl sites for hydroxylation is 1. The van der Waals surface area contributed by atoms with Gasteiger partial charge in [-0.2, -0.15) is 0 Å². The Bertz CT molecular complexity index is 1170. The summed E-state index contributed by atoms with van der Waals surface area (Å²) in [5.41, 5.74) is 4.48. The second kappa shape index (κ2) is 8.03. The number of H-pyrrole nitrogens is 1. The van der Waals surface area contributed by atoms with E-state index in [4.69, 9.17) is 14.0 Å². The van der Waals surface area contributed by atoms with Crippen molar-refractivity contribution >= 4 is 21.9 Å². The van der Waals surface area contributed by atoms with Crippen LogP contribution in [0, 0.1) is 0 Å². The maximum Gasteiger partial charge on any atom is 0.267 e. The molecule has 30 heavy (non-hydrogen) atoms. The van der Waals surface area contributed by atoms with E-state index in [0.29, 0.717) is 23.3 Å². The first-order valence-electron chi connectivity index (χ1n) is 10.7. The number of fused-ring (bicyclic) bond motifs is 2. The molecule has 0 bridgehead atoms. The molecule has 0 aliphatic carbocycles. The van der Waals surface area contributed by atoms with Gasteiger partial charge >= 0.3 is 0 Å². The third kappa shape index (κ3) is 3.31. The summed E-state index contributed by atoms with van der Waals surface area (Å²) in [7, 11) is 1.65. The van der Waals surface area contributed by atoms with Crippen LogP contribution in [0.3, 0.4) is 0 Å². The van der Waals surface area contributed by atoms with Gasteiger partial charge in [0.2, 0.25) is 0 Å². The molecule has 2 aromatic carbocycles. The van der Waals surface area contributed by atoms with Gasteiger partial charge < -0.3 is 24.3 Å². The van der Waals surface area contributed by atoms with E-state index in [1.807, 2.05) is 30.5 Å². The molecule has 1 aliphatic heterocycles. The van der Waals surface area contributed by atoms with Gasteiger partial charge in [0.1, 0.15) is 0 Å². The molecule has 156 valence electrons. The molecule has 0 atom stereocenters. The van der Waals surface area contributed by atoms with E-state index < -0.39 is 0 Å². The van der Waals surface area contributed by atoms with E-state index in [1.165, 1.54) is 11.1 Å².